The molecule has 0 saturated carbocycles. The normalized spacial score (nSPS) is 11.0. The Morgan fingerprint density at radius 2 is 2.00 bits per heavy atom. The van der Waals surface area contributed by atoms with Crippen LogP contribution >= 0.6 is 0 Å². The van der Waals surface area contributed by atoms with Crippen molar-refractivity contribution >= 4 is 12.0 Å². The number of hydrogen-bond acceptors (Lipinski definition) is 3. The van der Waals surface area contributed by atoms with E-state index in [1.54, 1.807) is 12.1 Å². The van der Waals surface area contributed by atoms with Crippen LogP contribution in [0.25, 0.3) is 6.08 Å². The van der Waals surface area contributed by atoms with E-state index in [9.17, 15) is 4.79 Å². The fraction of sp³-hybridized carbons (Fsp3) is 0.100. The van der Waals surface area contributed by atoms with E-state index >= 15 is 0 Å². The fourth-order valence-corrected chi connectivity index (χ4v) is 0.871. The first-order valence-corrected chi connectivity index (χ1v) is 3.78. The van der Waals surface area contributed by atoms with E-state index in [4.69, 9.17) is 5.11 Å². The van der Waals surface area contributed by atoms with Gasteiger partial charge in [-0.2, -0.15) is 0 Å². The van der Waals surface area contributed by atoms with Crippen LogP contribution in [0.3, 0.4) is 0 Å². The predicted molar refractivity (Wildman–Crippen MR) is 49.1 cm³/mol. The third-order valence-corrected chi connectivity index (χ3v) is 1.50. The first kappa shape index (κ1) is 9.32. The number of methoxy groups -OCH3 is 1. The van der Waals surface area contributed by atoms with Gasteiger partial charge in [0.05, 0.1) is 7.11 Å². The Kier molecular flexibility index (Phi) is 3.09. The monoisotopic (exact) mass is 178 g/mol. The molecule has 68 valence electrons. The molecule has 0 fully saturated rings. The van der Waals surface area contributed by atoms with Crippen LogP contribution < -0.4 is 0 Å². The molecule has 0 atom stereocenters. The van der Waals surface area contributed by atoms with Crippen molar-refractivity contribution in [2.75, 3.05) is 7.11 Å². The molecule has 0 saturated heterocycles. The maximum absolute atomic E-state index is 10.8. The average molecular weight is 178 g/mol. The molecule has 1 N–H and O–H groups in total. The van der Waals surface area contributed by atoms with Gasteiger partial charge in [-0.1, -0.05) is 30.3 Å². The first-order valence-electron chi connectivity index (χ1n) is 3.78. The van der Waals surface area contributed by atoms with Gasteiger partial charge in [-0.25, -0.2) is 4.79 Å². The Bertz CT molecular complexity index is 314. The molecular weight excluding hydrogens is 168 g/mol. The van der Waals surface area contributed by atoms with Gasteiger partial charge in [0.15, 0.2) is 0 Å². The summed E-state index contributed by atoms with van der Waals surface area (Å²) < 4.78 is 4.33. The highest BCUT2D eigenvalue weighted by Crippen LogP contribution is 2.04. The first-order chi connectivity index (χ1) is 6.24. The number of carbonyl (C=O) groups is 1. The molecule has 0 aliphatic rings. The van der Waals surface area contributed by atoms with E-state index in [0.29, 0.717) is 0 Å². The molecule has 0 bridgehead atoms. The van der Waals surface area contributed by atoms with Gasteiger partial charge in [0, 0.05) is 0 Å². The van der Waals surface area contributed by atoms with E-state index in [2.05, 4.69) is 4.74 Å². The molecule has 3 heteroatoms. The summed E-state index contributed by atoms with van der Waals surface area (Å²) in [5.74, 6) is -1.13. The van der Waals surface area contributed by atoms with Crippen molar-refractivity contribution < 1.29 is 14.6 Å². The third-order valence-electron chi connectivity index (χ3n) is 1.50. The Hall–Kier alpha value is -1.77. The van der Waals surface area contributed by atoms with Gasteiger partial charge in [0.1, 0.15) is 0 Å². The molecular formula is C10H10O3. The Morgan fingerprint density at radius 1 is 1.38 bits per heavy atom. The summed E-state index contributed by atoms with van der Waals surface area (Å²) in [4.78, 5) is 10.8. The molecule has 0 spiro atoms. The molecule has 0 heterocycles. The number of benzene rings is 1. The number of rotatable bonds is 2. The van der Waals surface area contributed by atoms with Gasteiger partial charge in [-0.15, -0.1) is 0 Å². The number of aliphatic hydroxyl groups is 1. The van der Waals surface area contributed by atoms with Crippen LogP contribution in [0.2, 0.25) is 0 Å². The number of carbonyl (C=O) groups excluding carboxylic acids is 1. The summed E-state index contributed by atoms with van der Waals surface area (Å²) in [5.41, 5.74) is 0.755. The molecule has 0 aromatic heterocycles. The fourth-order valence-electron chi connectivity index (χ4n) is 0.871. The summed E-state index contributed by atoms with van der Waals surface area (Å²) in [6, 6.07) is 9.04. The number of hydrogen-bond donors (Lipinski definition) is 1. The van der Waals surface area contributed by atoms with E-state index < -0.39 is 11.7 Å². The van der Waals surface area contributed by atoms with Crippen LogP contribution in [0.4, 0.5) is 0 Å². The molecule has 0 radical (unpaired) electrons. The molecule has 1 aromatic rings. The molecule has 0 aliphatic carbocycles. The zero-order chi connectivity index (χ0) is 9.68. The highest BCUT2D eigenvalue weighted by molar-refractivity contribution is 5.90. The summed E-state index contributed by atoms with van der Waals surface area (Å²) in [7, 11) is 1.22. The minimum absolute atomic E-state index is 0.395. The van der Waals surface area contributed by atoms with Crippen molar-refractivity contribution in [3.05, 3.63) is 41.7 Å². The quantitative estimate of drug-likeness (QED) is 0.426. The van der Waals surface area contributed by atoms with Crippen molar-refractivity contribution in [3.63, 3.8) is 0 Å². The topological polar surface area (TPSA) is 46.5 Å². The second-order valence-electron chi connectivity index (χ2n) is 2.43. The summed E-state index contributed by atoms with van der Waals surface area (Å²) >= 11 is 0. The van der Waals surface area contributed by atoms with Gasteiger partial charge in [-0.3, -0.25) is 0 Å². The standard InChI is InChI=1S/C10H10O3/c1-13-10(12)9(11)7-8-5-3-2-4-6-8/h2-7,11H,1H3. The second kappa shape index (κ2) is 4.30. The van der Waals surface area contributed by atoms with Crippen molar-refractivity contribution in [1.82, 2.24) is 0 Å². The third kappa shape index (κ3) is 2.63. The molecule has 13 heavy (non-hydrogen) atoms. The molecule has 0 aliphatic heterocycles. The van der Waals surface area contributed by atoms with Crippen molar-refractivity contribution in [3.8, 4) is 0 Å². The van der Waals surface area contributed by atoms with Crippen LogP contribution in [0, 0.1) is 0 Å². The summed E-state index contributed by atoms with van der Waals surface area (Å²) in [6.07, 6.45) is 1.35. The van der Waals surface area contributed by atoms with Gasteiger partial charge < -0.3 is 9.84 Å². The number of esters is 1. The minimum atomic E-state index is -0.733. The van der Waals surface area contributed by atoms with E-state index in [-0.39, 0.29) is 0 Å². The van der Waals surface area contributed by atoms with Crippen molar-refractivity contribution in [2.45, 2.75) is 0 Å². The van der Waals surface area contributed by atoms with Gasteiger partial charge >= 0.3 is 5.97 Å². The van der Waals surface area contributed by atoms with E-state index in [1.165, 1.54) is 13.2 Å². The molecule has 3 nitrogen and oxygen atoms in total. The maximum atomic E-state index is 10.8. The number of aliphatic hydroxyl groups excluding tert-OH is 1. The molecule has 1 aromatic carbocycles. The molecule has 0 amide bonds. The lowest BCUT2D eigenvalue weighted by atomic mass is 10.2. The van der Waals surface area contributed by atoms with Crippen molar-refractivity contribution in [1.29, 1.82) is 0 Å². The summed E-state index contributed by atoms with van der Waals surface area (Å²) in [6.45, 7) is 0. The van der Waals surface area contributed by atoms with Gasteiger partial charge in [-0.05, 0) is 11.6 Å². The summed E-state index contributed by atoms with van der Waals surface area (Å²) in [5, 5.41) is 9.16. The average Bonchev–Trinajstić information content (AvgIpc) is 2.18. The van der Waals surface area contributed by atoms with E-state index in [1.807, 2.05) is 18.2 Å². The van der Waals surface area contributed by atoms with Crippen LogP contribution in [-0.4, -0.2) is 18.2 Å². The van der Waals surface area contributed by atoms with E-state index in [0.717, 1.165) is 5.56 Å². The highest BCUT2D eigenvalue weighted by atomic mass is 16.5. The smallest absolute Gasteiger partial charge is 0.373 e. The van der Waals surface area contributed by atoms with Crippen LogP contribution in [0.1, 0.15) is 5.56 Å². The number of ether oxygens (including phenoxy) is 1. The second-order valence-corrected chi connectivity index (χ2v) is 2.43. The SMILES string of the molecule is COC(=O)C(O)=Cc1ccccc1. The molecule has 1 rings (SSSR count). The Balaban J connectivity index is 2.83. The van der Waals surface area contributed by atoms with Crippen LogP contribution in [0.5, 0.6) is 0 Å². The zero-order valence-corrected chi connectivity index (χ0v) is 7.23. The van der Waals surface area contributed by atoms with Gasteiger partial charge in [0.2, 0.25) is 5.76 Å². The maximum Gasteiger partial charge on any atom is 0.373 e. The minimum Gasteiger partial charge on any atom is -0.502 e. The van der Waals surface area contributed by atoms with Crippen molar-refractivity contribution in [2.24, 2.45) is 0 Å². The van der Waals surface area contributed by atoms with Crippen LogP contribution in [0.15, 0.2) is 36.1 Å². The van der Waals surface area contributed by atoms with Gasteiger partial charge in [0.25, 0.3) is 0 Å². The lowest BCUT2D eigenvalue weighted by Gasteiger charge is -1.96. The lowest BCUT2D eigenvalue weighted by molar-refractivity contribution is -0.138. The predicted octanol–water partition coefficient (Wildman–Crippen LogP) is 1.76. The Morgan fingerprint density at radius 3 is 2.54 bits per heavy atom. The van der Waals surface area contributed by atoms with Crippen LogP contribution in [-0.2, 0) is 9.53 Å². The lowest BCUT2D eigenvalue weighted by Crippen LogP contribution is -2.03. The molecule has 0 unspecified atom stereocenters. The largest absolute Gasteiger partial charge is 0.502 e. The zero-order valence-electron chi connectivity index (χ0n) is 7.23. The highest BCUT2D eigenvalue weighted by Gasteiger charge is 2.05. The Labute approximate surface area is 76.3 Å².